The summed E-state index contributed by atoms with van der Waals surface area (Å²) in [6, 6.07) is -0.805. The molecule has 16 atom stereocenters. The van der Waals surface area contributed by atoms with Gasteiger partial charge in [-0.25, -0.2) is 0 Å². The van der Waals surface area contributed by atoms with E-state index in [9.17, 15) is 51.1 Å². The Morgan fingerprint density at radius 3 is 1.41 bits per heavy atom. The van der Waals surface area contributed by atoms with E-state index in [4.69, 9.17) is 39.3 Å². The second-order valence-electron chi connectivity index (χ2n) is 9.59. The van der Waals surface area contributed by atoms with Crippen LogP contribution in [0.2, 0.25) is 0 Å². The predicted molar refractivity (Wildman–Crippen MR) is 120 cm³/mol. The zero-order valence-electron chi connectivity index (χ0n) is 20.7. The first kappa shape index (κ1) is 32.8. The van der Waals surface area contributed by atoms with Gasteiger partial charge in [0.15, 0.2) is 18.9 Å². The van der Waals surface area contributed by atoms with E-state index in [1.54, 1.807) is 0 Å². The molecule has 3 aliphatic heterocycles. The van der Waals surface area contributed by atoms with Crippen LogP contribution in [0.15, 0.2) is 0 Å². The number of nitrogens with two attached hydrogens (primary N) is 1. The van der Waals surface area contributed by atoms with E-state index in [2.05, 4.69) is 0 Å². The Kier molecular flexibility index (Phi) is 12.1. The molecule has 0 spiro atoms. The topological polar surface area (TPSA) is 304 Å². The summed E-state index contributed by atoms with van der Waals surface area (Å²) in [7, 11) is 0. The highest BCUT2D eigenvalue weighted by molar-refractivity contribution is 4.96. The molecule has 0 aromatic heterocycles. The fraction of sp³-hybridized carbons (Fsp3) is 1.00. The zero-order chi connectivity index (χ0) is 29.0. The van der Waals surface area contributed by atoms with Crippen molar-refractivity contribution in [2.24, 2.45) is 5.73 Å². The average Bonchev–Trinajstić information content (AvgIpc) is 2.94. The van der Waals surface area contributed by atoms with Crippen molar-refractivity contribution in [3.63, 3.8) is 0 Å². The first-order valence-electron chi connectivity index (χ1n) is 12.3. The number of aliphatic hydroxyl groups is 11. The minimum Gasteiger partial charge on any atom is -0.395 e. The van der Waals surface area contributed by atoms with E-state index >= 15 is 0 Å². The first-order chi connectivity index (χ1) is 18.5. The van der Waals surface area contributed by atoms with E-state index < -0.39 is 125 Å². The standard InChI is InChI=1S/C21H39NO17/c22-6(1-23)5-34-19-15(32)12(29)17(8(3-25)36-19)39-21-16(33)13(30)18(9(4-26)37-21)38-20-14(31)11(28)10(27)7(2-24)35-20/h6-21,23-33H,1-5,22H2/t6-,7-,8-,9-,10+,11+,12-,13-,14-,15-,16-,17-,18+,19-,20-,21+/m1/s1. The molecule has 0 radical (unpaired) electrons. The monoisotopic (exact) mass is 577 g/mol. The van der Waals surface area contributed by atoms with Gasteiger partial charge in [0, 0.05) is 0 Å². The molecule has 0 saturated carbocycles. The highest BCUT2D eigenvalue weighted by atomic mass is 16.8. The second-order valence-corrected chi connectivity index (χ2v) is 9.59. The molecule has 3 heterocycles. The van der Waals surface area contributed by atoms with Gasteiger partial charge in [0.25, 0.3) is 0 Å². The molecule has 0 aliphatic carbocycles. The molecule has 3 aliphatic rings. The minimum absolute atomic E-state index is 0.251. The second kappa shape index (κ2) is 14.4. The van der Waals surface area contributed by atoms with Crippen LogP contribution in [0.5, 0.6) is 0 Å². The molecule has 18 heteroatoms. The molecule has 0 aromatic rings. The molecule has 3 fully saturated rings. The number of aliphatic hydroxyl groups excluding tert-OH is 11. The van der Waals surface area contributed by atoms with Crippen LogP contribution in [0.25, 0.3) is 0 Å². The maximum Gasteiger partial charge on any atom is 0.187 e. The lowest BCUT2D eigenvalue weighted by Gasteiger charge is -2.48. The third kappa shape index (κ3) is 7.20. The smallest absolute Gasteiger partial charge is 0.187 e. The molecule has 0 aromatic carbocycles. The van der Waals surface area contributed by atoms with E-state index in [1.165, 1.54) is 0 Å². The van der Waals surface area contributed by atoms with Crippen molar-refractivity contribution in [3.05, 3.63) is 0 Å². The summed E-state index contributed by atoms with van der Waals surface area (Å²) in [6.45, 7) is -3.01. The van der Waals surface area contributed by atoms with Gasteiger partial charge in [-0.15, -0.1) is 0 Å². The zero-order valence-corrected chi connectivity index (χ0v) is 20.7. The number of hydrogen-bond acceptors (Lipinski definition) is 18. The molecule has 39 heavy (non-hydrogen) atoms. The summed E-state index contributed by atoms with van der Waals surface area (Å²) in [4.78, 5) is 0. The van der Waals surface area contributed by atoms with Gasteiger partial charge in [-0.3, -0.25) is 0 Å². The number of hydrogen-bond donors (Lipinski definition) is 12. The van der Waals surface area contributed by atoms with Crippen LogP contribution in [0.4, 0.5) is 0 Å². The maximum atomic E-state index is 10.7. The highest BCUT2D eigenvalue weighted by Crippen LogP contribution is 2.32. The van der Waals surface area contributed by atoms with Crippen LogP contribution < -0.4 is 5.73 Å². The molecule has 13 N–H and O–H groups in total. The van der Waals surface area contributed by atoms with Crippen LogP contribution >= 0.6 is 0 Å². The third-order valence-electron chi connectivity index (χ3n) is 6.78. The Balaban J connectivity index is 1.68. The van der Waals surface area contributed by atoms with Crippen molar-refractivity contribution in [2.75, 3.05) is 33.0 Å². The molecule has 230 valence electrons. The molecule has 3 saturated heterocycles. The molecular formula is C21H39NO17. The van der Waals surface area contributed by atoms with Gasteiger partial charge in [0.2, 0.25) is 0 Å². The van der Waals surface area contributed by atoms with E-state index in [0.29, 0.717) is 0 Å². The van der Waals surface area contributed by atoms with Crippen molar-refractivity contribution < 1.29 is 84.6 Å². The summed E-state index contributed by atoms with van der Waals surface area (Å²) in [5.74, 6) is 0. The van der Waals surface area contributed by atoms with Gasteiger partial charge < -0.3 is 90.3 Å². The number of rotatable bonds is 11. The Morgan fingerprint density at radius 2 is 0.949 bits per heavy atom. The van der Waals surface area contributed by atoms with Crippen LogP contribution in [0.3, 0.4) is 0 Å². The van der Waals surface area contributed by atoms with Crippen molar-refractivity contribution in [2.45, 2.75) is 98.2 Å². The van der Waals surface area contributed by atoms with Crippen molar-refractivity contribution in [1.29, 1.82) is 0 Å². The lowest BCUT2D eigenvalue weighted by molar-refractivity contribution is -0.379. The summed E-state index contributed by atoms with van der Waals surface area (Å²) < 4.78 is 32.4. The van der Waals surface area contributed by atoms with Crippen molar-refractivity contribution in [3.8, 4) is 0 Å². The van der Waals surface area contributed by atoms with Gasteiger partial charge in [-0.2, -0.15) is 0 Å². The van der Waals surface area contributed by atoms with Gasteiger partial charge >= 0.3 is 0 Å². The fourth-order valence-electron chi connectivity index (χ4n) is 4.45. The van der Waals surface area contributed by atoms with Crippen molar-refractivity contribution >= 4 is 0 Å². The maximum absolute atomic E-state index is 10.7. The summed E-state index contributed by atoms with van der Waals surface area (Å²) in [6.07, 6.45) is -24.8. The lowest BCUT2D eigenvalue weighted by atomic mass is 9.96. The summed E-state index contributed by atoms with van der Waals surface area (Å²) in [5.41, 5.74) is 5.54. The summed E-state index contributed by atoms with van der Waals surface area (Å²) >= 11 is 0. The molecule has 0 bridgehead atoms. The normalized spacial score (nSPS) is 48.2. The van der Waals surface area contributed by atoms with Gasteiger partial charge in [0.05, 0.1) is 39.1 Å². The largest absolute Gasteiger partial charge is 0.395 e. The number of ether oxygens (including phenoxy) is 6. The Hall–Kier alpha value is -0.720. The van der Waals surface area contributed by atoms with Gasteiger partial charge in [0.1, 0.15) is 73.2 Å². The Morgan fingerprint density at radius 1 is 0.538 bits per heavy atom. The van der Waals surface area contributed by atoms with Gasteiger partial charge in [-0.1, -0.05) is 0 Å². The lowest BCUT2D eigenvalue weighted by Crippen LogP contribution is -2.66. The Labute approximate surface area is 222 Å². The molecule has 0 amide bonds. The van der Waals surface area contributed by atoms with Crippen LogP contribution in [-0.4, -0.2) is 187 Å². The predicted octanol–water partition coefficient (Wildman–Crippen LogP) is -8.23. The quantitative estimate of drug-likeness (QED) is 0.108. The average molecular weight is 578 g/mol. The molecular weight excluding hydrogens is 538 g/mol. The first-order valence-corrected chi connectivity index (χ1v) is 12.3. The fourth-order valence-corrected chi connectivity index (χ4v) is 4.45. The molecule has 3 rings (SSSR count). The van der Waals surface area contributed by atoms with Crippen LogP contribution in [0.1, 0.15) is 0 Å². The third-order valence-corrected chi connectivity index (χ3v) is 6.78. The van der Waals surface area contributed by atoms with E-state index in [0.717, 1.165) is 0 Å². The summed E-state index contributed by atoms with van der Waals surface area (Å²) in [5, 5.41) is 110. The highest BCUT2D eigenvalue weighted by Gasteiger charge is 2.53. The molecule has 0 unspecified atom stereocenters. The van der Waals surface area contributed by atoms with Crippen LogP contribution in [0, 0.1) is 0 Å². The Bertz CT molecular complexity index is 733. The van der Waals surface area contributed by atoms with E-state index in [1.807, 2.05) is 0 Å². The van der Waals surface area contributed by atoms with Crippen molar-refractivity contribution in [1.82, 2.24) is 0 Å². The van der Waals surface area contributed by atoms with E-state index in [-0.39, 0.29) is 6.61 Å². The SMILES string of the molecule is N[C@H](CO)CO[C@@H]1O[C@H](CO)[C@@H](O[C@@H]2O[C@H](CO)[C@H](O[C@H]3O[C@H](CO)[C@H](O)[C@H](O)[C@H]3O)[C@H](O)[C@H]2O)[C@H](O)[C@H]1O. The minimum atomic E-state index is -1.93. The molecule has 18 nitrogen and oxygen atoms in total. The van der Waals surface area contributed by atoms with Gasteiger partial charge in [-0.05, 0) is 0 Å². The van der Waals surface area contributed by atoms with Crippen LogP contribution in [-0.2, 0) is 28.4 Å².